The topological polar surface area (TPSA) is 115 Å². The van der Waals surface area contributed by atoms with Crippen molar-refractivity contribution in [2.24, 2.45) is 0 Å². The third-order valence-corrected chi connectivity index (χ3v) is 5.60. The molecule has 11 heteroatoms. The zero-order valence-electron chi connectivity index (χ0n) is 16.3. The number of hydrogen-bond donors (Lipinski definition) is 3. The van der Waals surface area contributed by atoms with Crippen LogP contribution < -0.4 is 11.2 Å². The van der Waals surface area contributed by atoms with Crippen molar-refractivity contribution in [3.63, 3.8) is 0 Å². The number of aromatic amines is 1. The standard InChI is InChI=1S/C20H17ClFN7OS/c1-11-8-13(21)4-7-15(11)24-18(30)10-31-20-28-27-19(29(20)23)17-9-16(25-26-17)12-2-5-14(22)6-3-12/h2-9H,10,23H2,1H3,(H,24,30)(H,25,26). The monoisotopic (exact) mass is 457 g/mol. The molecule has 0 spiro atoms. The zero-order chi connectivity index (χ0) is 22.0. The van der Waals surface area contributed by atoms with Crippen molar-refractivity contribution in [1.29, 1.82) is 0 Å². The SMILES string of the molecule is Cc1cc(Cl)ccc1NC(=O)CSc1nnc(-c2cc(-c3ccc(F)cc3)n[nH]2)n1N. The van der Waals surface area contributed by atoms with E-state index in [0.29, 0.717) is 33.1 Å². The number of amides is 1. The first-order valence-electron chi connectivity index (χ1n) is 9.12. The Balaban J connectivity index is 1.42. The summed E-state index contributed by atoms with van der Waals surface area (Å²) in [5.41, 5.74) is 3.46. The fourth-order valence-corrected chi connectivity index (χ4v) is 3.73. The third-order valence-electron chi connectivity index (χ3n) is 4.42. The number of halogens is 2. The molecule has 0 bridgehead atoms. The van der Waals surface area contributed by atoms with Crippen LogP contribution in [0.15, 0.2) is 53.7 Å². The Kier molecular flexibility index (Phi) is 5.92. The molecule has 0 fully saturated rings. The van der Waals surface area contributed by atoms with Crippen molar-refractivity contribution >= 4 is 35.0 Å². The summed E-state index contributed by atoms with van der Waals surface area (Å²) in [7, 11) is 0. The second-order valence-corrected chi connectivity index (χ2v) is 8.02. The maximum Gasteiger partial charge on any atom is 0.234 e. The summed E-state index contributed by atoms with van der Waals surface area (Å²) in [5, 5.41) is 19.0. The van der Waals surface area contributed by atoms with Crippen LogP contribution in [0.4, 0.5) is 10.1 Å². The molecule has 0 aliphatic heterocycles. The number of aromatic nitrogens is 5. The molecule has 0 aliphatic rings. The van der Waals surface area contributed by atoms with Gasteiger partial charge in [-0.2, -0.15) is 5.10 Å². The number of nitrogens with two attached hydrogens (primary N) is 1. The summed E-state index contributed by atoms with van der Waals surface area (Å²) in [5.74, 6) is 6.04. The first-order chi connectivity index (χ1) is 14.9. The third kappa shape index (κ3) is 4.70. The summed E-state index contributed by atoms with van der Waals surface area (Å²) in [6.07, 6.45) is 0. The van der Waals surface area contributed by atoms with Crippen LogP contribution in [-0.4, -0.2) is 36.7 Å². The van der Waals surface area contributed by atoms with Crippen LogP contribution in [0, 0.1) is 12.7 Å². The van der Waals surface area contributed by atoms with Crippen LogP contribution in [0.25, 0.3) is 22.8 Å². The molecular weight excluding hydrogens is 441 g/mol. The van der Waals surface area contributed by atoms with Crippen LogP contribution >= 0.6 is 23.4 Å². The van der Waals surface area contributed by atoms with Gasteiger partial charge in [0, 0.05) is 16.3 Å². The van der Waals surface area contributed by atoms with Gasteiger partial charge in [0.1, 0.15) is 11.5 Å². The number of carbonyl (C=O) groups excluding carboxylic acids is 1. The van der Waals surface area contributed by atoms with E-state index < -0.39 is 0 Å². The number of nitrogen functional groups attached to an aromatic ring is 1. The zero-order valence-corrected chi connectivity index (χ0v) is 17.8. The minimum Gasteiger partial charge on any atom is -0.335 e. The van der Waals surface area contributed by atoms with Crippen LogP contribution in [0.1, 0.15) is 5.56 Å². The van der Waals surface area contributed by atoms with E-state index in [4.69, 9.17) is 17.4 Å². The van der Waals surface area contributed by atoms with Crippen LogP contribution in [-0.2, 0) is 4.79 Å². The number of anilines is 1. The lowest BCUT2D eigenvalue weighted by Crippen LogP contribution is -2.17. The van der Waals surface area contributed by atoms with Gasteiger partial charge >= 0.3 is 0 Å². The molecule has 158 valence electrons. The van der Waals surface area contributed by atoms with E-state index in [2.05, 4.69) is 25.7 Å². The second kappa shape index (κ2) is 8.78. The summed E-state index contributed by atoms with van der Waals surface area (Å²) in [6.45, 7) is 1.86. The average molecular weight is 458 g/mol. The molecule has 8 nitrogen and oxygen atoms in total. The number of carbonyl (C=O) groups is 1. The molecule has 0 unspecified atom stereocenters. The summed E-state index contributed by atoms with van der Waals surface area (Å²) >= 11 is 7.09. The Bertz CT molecular complexity index is 1240. The molecule has 4 aromatic rings. The minimum atomic E-state index is -0.321. The first-order valence-corrected chi connectivity index (χ1v) is 10.5. The van der Waals surface area contributed by atoms with E-state index in [9.17, 15) is 9.18 Å². The van der Waals surface area contributed by atoms with Gasteiger partial charge in [-0.15, -0.1) is 10.2 Å². The molecule has 2 heterocycles. The average Bonchev–Trinajstić information content (AvgIpc) is 3.36. The molecule has 0 saturated heterocycles. The van der Waals surface area contributed by atoms with E-state index in [0.717, 1.165) is 22.9 Å². The highest BCUT2D eigenvalue weighted by molar-refractivity contribution is 7.99. The Morgan fingerprint density at radius 1 is 1.23 bits per heavy atom. The van der Waals surface area contributed by atoms with Gasteiger partial charge in [0.2, 0.25) is 16.9 Å². The van der Waals surface area contributed by atoms with Gasteiger partial charge in [0.25, 0.3) is 0 Å². The fraction of sp³-hybridized carbons (Fsp3) is 0.100. The Hall–Kier alpha value is -3.37. The lowest BCUT2D eigenvalue weighted by atomic mass is 10.1. The highest BCUT2D eigenvalue weighted by Gasteiger charge is 2.16. The first kappa shape index (κ1) is 20.9. The Morgan fingerprint density at radius 2 is 2.00 bits per heavy atom. The van der Waals surface area contributed by atoms with Gasteiger partial charge < -0.3 is 11.2 Å². The second-order valence-electron chi connectivity index (χ2n) is 6.65. The number of aryl methyl sites for hydroxylation is 1. The maximum atomic E-state index is 13.1. The highest BCUT2D eigenvalue weighted by atomic mass is 35.5. The number of nitrogens with zero attached hydrogens (tertiary/aromatic N) is 4. The van der Waals surface area contributed by atoms with Gasteiger partial charge in [-0.25, -0.2) is 9.07 Å². The Labute approximate surface area is 186 Å². The molecule has 0 saturated carbocycles. The van der Waals surface area contributed by atoms with Crippen LogP contribution in [0.5, 0.6) is 0 Å². The number of hydrogen-bond acceptors (Lipinski definition) is 6. The van der Waals surface area contributed by atoms with E-state index in [1.165, 1.54) is 16.8 Å². The lowest BCUT2D eigenvalue weighted by Gasteiger charge is -2.08. The van der Waals surface area contributed by atoms with E-state index in [1.807, 2.05) is 6.92 Å². The maximum absolute atomic E-state index is 13.1. The molecule has 1 amide bonds. The number of thioether (sulfide) groups is 1. The van der Waals surface area contributed by atoms with Gasteiger partial charge in [0.05, 0.1) is 11.4 Å². The predicted molar refractivity (Wildman–Crippen MR) is 119 cm³/mol. The lowest BCUT2D eigenvalue weighted by molar-refractivity contribution is -0.113. The van der Waals surface area contributed by atoms with Crippen molar-refractivity contribution in [3.8, 4) is 22.8 Å². The van der Waals surface area contributed by atoms with Gasteiger partial charge in [-0.3, -0.25) is 9.89 Å². The number of nitrogens with one attached hydrogen (secondary N) is 2. The number of benzene rings is 2. The smallest absolute Gasteiger partial charge is 0.234 e. The summed E-state index contributed by atoms with van der Waals surface area (Å²) in [4.78, 5) is 12.3. The van der Waals surface area contributed by atoms with E-state index in [-0.39, 0.29) is 17.5 Å². The van der Waals surface area contributed by atoms with Crippen LogP contribution in [0.3, 0.4) is 0 Å². The van der Waals surface area contributed by atoms with E-state index in [1.54, 1.807) is 36.4 Å². The van der Waals surface area contributed by atoms with Crippen molar-refractivity contribution in [3.05, 3.63) is 64.9 Å². The number of rotatable bonds is 6. The molecule has 31 heavy (non-hydrogen) atoms. The van der Waals surface area contributed by atoms with Gasteiger partial charge in [0.15, 0.2) is 0 Å². The number of H-pyrrole nitrogens is 1. The van der Waals surface area contributed by atoms with Crippen molar-refractivity contribution < 1.29 is 9.18 Å². The quantitative estimate of drug-likeness (QED) is 0.299. The largest absolute Gasteiger partial charge is 0.335 e. The normalized spacial score (nSPS) is 10.9. The van der Waals surface area contributed by atoms with Gasteiger partial charge in [-0.1, -0.05) is 23.4 Å². The van der Waals surface area contributed by atoms with Crippen molar-refractivity contribution in [1.82, 2.24) is 25.1 Å². The predicted octanol–water partition coefficient (Wildman–Crippen LogP) is 3.88. The molecular formula is C20H17ClFN7OS. The van der Waals surface area contributed by atoms with E-state index >= 15 is 0 Å². The molecule has 4 rings (SSSR count). The highest BCUT2D eigenvalue weighted by Crippen LogP contribution is 2.25. The van der Waals surface area contributed by atoms with Gasteiger partial charge in [-0.05, 0) is 61.0 Å². The molecule has 2 aromatic heterocycles. The van der Waals surface area contributed by atoms with Crippen LogP contribution in [0.2, 0.25) is 5.02 Å². The molecule has 0 radical (unpaired) electrons. The minimum absolute atomic E-state index is 0.0984. The molecule has 4 N–H and O–H groups in total. The Morgan fingerprint density at radius 3 is 2.74 bits per heavy atom. The summed E-state index contributed by atoms with van der Waals surface area (Å²) in [6, 6.07) is 13.0. The summed E-state index contributed by atoms with van der Waals surface area (Å²) < 4.78 is 14.4. The van der Waals surface area contributed by atoms with Crippen molar-refractivity contribution in [2.75, 3.05) is 16.9 Å². The molecule has 0 aliphatic carbocycles. The molecule has 0 atom stereocenters. The molecule has 2 aromatic carbocycles. The fourth-order valence-electron chi connectivity index (χ4n) is 2.85. The van der Waals surface area contributed by atoms with Crippen molar-refractivity contribution in [2.45, 2.75) is 12.1 Å².